The number of unbranched alkanes of at least 4 members (excludes halogenated alkanes) is 2. The monoisotopic (exact) mass is 565 g/mol. The van der Waals surface area contributed by atoms with E-state index in [1.807, 2.05) is 6.07 Å². The number of ether oxygens (including phenoxy) is 1. The number of aromatic nitrogens is 1. The molecular formula is C30H32FN3O5S. The van der Waals surface area contributed by atoms with Crippen LogP contribution < -0.4 is 10.1 Å². The van der Waals surface area contributed by atoms with Crippen LogP contribution in [0.1, 0.15) is 66.6 Å². The summed E-state index contributed by atoms with van der Waals surface area (Å²) in [6.07, 6.45) is 4.70. The van der Waals surface area contributed by atoms with Crippen LogP contribution >= 0.6 is 0 Å². The van der Waals surface area contributed by atoms with E-state index in [9.17, 15) is 17.6 Å². The van der Waals surface area contributed by atoms with Crippen LogP contribution in [0.2, 0.25) is 0 Å². The molecule has 1 aliphatic rings. The molecule has 0 aliphatic heterocycles. The average molecular weight is 566 g/mol. The number of carbonyl (C=O) groups excluding carboxylic acids is 1. The van der Waals surface area contributed by atoms with E-state index in [1.165, 1.54) is 10.4 Å². The molecule has 5 rings (SSSR count). The molecule has 0 saturated heterocycles. The summed E-state index contributed by atoms with van der Waals surface area (Å²) >= 11 is 0. The number of nitrogens with one attached hydrogen (secondary N) is 1. The predicted molar refractivity (Wildman–Crippen MR) is 152 cm³/mol. The molecule has 10 heteroatoms. The van der Waals surface area contributed by atoms with E-state index < -0.39 is 16.7 Å². The van der Waals surface area contributed by atoms with Crippen molar-refractivity contribution in [2.24, 2.45) is 0 Å². The lowest BCUT2D eigenvalue weighted by Crippen LogP contribution is -2.24. The van der Waals surface area contributed by atoms with E-state index in [0.717, 1.165) is 37.7 Å². The summed E-state index contributed by atoms with van der Waals surface area (Å²) < 4.78 is 51.3. The Morgan fingerprint density at radius 2 is 1.90 bits per heavy atom. The Morgan fingerprint density at radius 1 is 1.15 bits per heavy atom. The van der Waals surface area contributed by atoms with Crippen LogP contribution in [0.4, 0.5) is 4.39 Å². The maximum atomic E-state index is 14.0. The van der Waals surface area contributed by atoms with Gasteiger partial charge in [-0.2, -0.15) is 4.31 Å². The molecule has 4 aromatic rings. The largest absolute Gasteiger partial charge is 0.454 e. The minimum absolute atomic E-state index is 0.109. The number of hydrogen-bond donors (Lipinski definition) is 2. The van der Waals surface area contributed by atoms with Gasteiger partial charge in [-0.15, -0.1) is 0 Å². The molecule has 1 aliphatic carbocycles. The van der Waals surface area contributed by atoms with Crippen molar-refractivity contribution in [3.63, 3.8) is 0 Å². The molecule has 210 valence electrons. The fourth-order valence-electron chi connectivity index (χ4n) is 4.77. The molecule has 2 heterocycles. The molecule has 1 N–H and O–H groups in total. The lowest BCUT2D eigenvalue weighted by Gasteiger charge is -2.17. The molecule has 0 radical (unpaired) electrons. The van der Waals surface area contributed by atoms with Gasteiger partial charge < -0.3 is 14.5 Å². The second-order valence-corrected chi connectivity index (χ2v) is 11.0. The molecule has 2 aromatic heterocycles. The van der Waals surface area contributed by atoms with Gasteiger partial charge in [-0.3, -0.25) is 4.79 Å². The second-order valence-electron chi connectivity index (χ2n) is 9.93. The van der Waals surface area contributed by atoms with Crippen molar-refractivity contribution in [1.82, 2.24) is 14.6 Å². The zero-order valence-electron chi connectivity index (χ0n) is 22.5. The molecular weight excluding hydrogens is 533 g/mol. The quantitative estimate of drug-likeness (QED) is 0.157. The maximum absolute atomic E-state index is 14.0. The number of carbonyl (C=O) groups is 1. The lowest BCUT2D eigenvalue weighted by molar-refractivity contribution is 0.0964. The van der Waals surface area contributed by atoms with Gasteiger partial charge >= 0.3 is 0 Å². The number of hydrogen-bond acceptors (Lipinski definition) is 6. The zero-order valence-corrected chi connectivity index (χ0v) is 23.4. The molecule has 40 heavy (non-hydrogen) atoms. The Balaban J connectivity index is 1.53. The number of nitrogens with zero attached hydrogens (tertiary/aromatic N) is 2. The number of rotatable bonds is 12. The minimum Gasteiger partial charge on any atom is -0.454 e. The summed E-state index contributed by atoms with van der Waals surface area (Å²) in [5.41, 5.74) is 2.86. The number of para-hydroxylation sites is 1. The average Bonchev–Trinajstić information content (AvgIpc) is 3.73. The van der Waals surface area contributed by atoms with Crippen LogP contribution in [0.5, 0.6) is 11.5 Å². The van der Waals surface area contributed by atoms with Crippen LogP contribution in [-0.2, 0) is 17.4 Å². The van der Waals surface area contributed by atoms with Gasteiger partial charge in [-0.1, -0.05) is 31.9 Å². The van der Waals surface area contributed by atoms with Crippen molar-refractivity contribution >= 4 is 27.9 Å². The zero-order chi connectivity index (χ0) is 28.2. The smallest absolute Gasteiger partial charge is 0.255 e. The summed E-state index contributed by atoms with van der Waals surface area (Å²) in [5.74, 6) is 0.369. The van der Waals surface area contributed by atoms with Crippen molar-refractivity contribution in [3.05, 3.63) is 77.2 Å². The van der Waals surface area contributed by atoms with Gasteiger partial charge in [0.15, 0.2) is 11.6 Å². The van der Waals surface area contributed by atoms with Gasteiger partial charge in [-0.25, -0.2) is 17.8 Å². The minimum atomic E-state index is -2.77. The van der Waals surface area contributed by atoms with Gasteiger partial charge in [0.25, 0.3) is 5.91 Å². The lowest BCUT2D eigenvalue weighted by atomic mass is 10.0. The number of furan rings is 1. The first kappa shape index (κ1) is 27.8. The van der Waals surface area contributed by atoms with Crippen molar-refractivity contribution in [3.8, 4) is 22.8 Å². The SMILES string of the molecule is CCCCCN(Cc1nc2oc(-c3ccc(Oc4ccccc4F)cc3)c(C(=O)NC)c2cc1C1CC1)[SH](=O)=O. The Labute approximate surface area is 234 Å². The predicted octanol–water partition coefficient (Wildman–Crippen LogP) is 6.18. The van der Waals surface area contributed by atoms with E-state index in [-0.39, 0.29) is 29.8 Å². The number of benzene rings is 2. The van der Waals surface area contributed by atoms with Gasteiger partial charge in [0.2, 0.25) is 16.6 Å². The highest BCUT2D eigenvalue weighted by Gasteiger charge is 2.31. The highest BCUT2D eigenvalue weighted by atomic mass is 32.2. The number of halogens is 1. The molecule has 2 aromatic carbocycles. The number of pyridine rings is 1. The van der Waals surface area contributed by atoms with Crippen molar-refractivity contribution in [2.75, 3.05) is 13.6 Å². The summed E-state index contributed by atoms with van der Waals surface area (Å²) in [4.78, 5) is 17.8. The van der Waals surface area contributed by atoms with Gasteiger partial charge in [-0.05, 0) is 73.2 Å². The van der Waals surface area contributed by atoms with E-state index in [1.54, 1.807) is 49.5 Å². The summed E-state index contributed by atoms with van der Waals surface area (Å²) in [5, 5.41) is 3.27. The fourth-order valence-corrected chi connectivity index (χ4v) is 5.32. The van der Waals surface area contributed by atoms with Crippen molar-refractivity contribution < 1.29 is 26.8 Å². The first-order chi connectivity index (χ1) is 19.4. The summed E-state index contributed by atoms with van der Waals surface area (Å²) in [6, 6.07) is 14.9. The normalized spacial score (nSPS) is 13.3. The molecule has 8 nitrogen and oxygen atoms in total. The summed E-state index contributed by atoms with van der Waals surface area (Å²) in [7, 11) is -1.22. The highest BCUT2D eigenvalue weighted by molar-refractivity contribution is 7.69. The molecule has 0 atom stereocenters. The second kappa shape index (κ2) is 12.2. The number of fused-ring (bicyclic) bond motifs is 1. The Kier molecular flexibility index (Phi) is 8.46. The topological polar surface area (TPSA) is 102 Å². The fraction of sp³-hybridized carbons (Fsp3) is 0.333. The molecule has 0 unspecified atom stereocenters. The van der Waals surface area contributed by atoms with Crippen LogP contribution in [0.3, 0.4) is 0 Å². The third-order valence-corrected chi connectivity index (χ3v) is 7.83. The van der Waals surface area contributed by atoms with Crippen molar-refractivity contribution in [2.45, 2.75) is 51.5 Å². The molecule has 0 bridgehead atoms. The Morgan fingerprint density at radius 3 is 2.55 bits per heavy atom. The van der Waals surface area contributed by atoms with Gasteiger partial charge in [0.1, 0.15) is 11.5 Å². The first-order valence-electron chi connectivity index (χ1n) is 13.5. The van der Waals surface area contributed by atoms with E-state index in [0.29, 0.717) is 40.3 Å². The molecule has 0 spiro atoms. The van der Waals surface area contributed by atoms with Crippen LogP contribution in [0.25, 0.3) is 22.4 Å². The Hall–Kier alpha value is -3.76. The van der Waals surface area contributed by atoms with E-state index in [4.69, 9.17) is 14.1 Å². The highest BCUT2D eigenvalue weighted by Crippen LogP contribution is 2.44. The standard InChI is InChI=1S/C30H32FN3O5S/c1-3-4-7-16-34(40(36)37)18-25-22(19-10-11-19)17-23-27(29(35)32-2)28(39-30(23)33-25)20-12-14-21(15-13-20)38-26-9-6-5-8-24(26)31/h5-6,8-9,12-15,17,19,40H,3-4,7,10-11,16,18H2,1-2H3,(H,32,35). The third kappa shape index (κ3) is 6.03. The Bertz CT molecular complexity index is 1590. The number of thiol groups is 1. The van der Waals surface area contributed by atoms with Gasteiger partial charge in [0.05, 0.1) is 23.2 Å². The first-order valence-corrected chi connectivity index (χ1v) is 14.6. The van der Waals surface area contributed by atoms with Crippen molar-refractivity contribution in [1.29, 1.82) is 0 Å². The maximum Gasteiger partial charge on any atom is 0.255 e. The van der Waals surface area contributed by atoms with E-state index >= 15 is 0 Å². The third-order valence-electron chi connectivity index (χ3n) is 7.03. The van der Waals surface area contributed by atoms with Crippen LogP contribution in [0.15, 0.2) is 59.0 Å². The number of amides is 1. The van der Waals surface area contributed by atoms with Crippen LogP contribution in [0, 0.1) is 5.82 Å². The van der Waals surface area contributed by atoms with E-state index in [2.05, 4.69) is 12.2 Å². The van der Waals surface area contributed by atoms with Gasteiger partial charge in [0, 0.05) is 19.2 Å². The molecule has 1 fully saturated rings. The summed E-state index contributed by atoms with van der Waals surface area (Å²) in [6.45, 7) is 2.67. The van der Waals surface area contributed by atoms with Crippen LogP contribution in [-0.4, -0.2) is 37.2 Å². The molecule has 1 saturated carbocycles. The molecule has 1 amide bonds.